The molecular formula is C12H16O4S. The number of phenolic OH excluding ortho intramolecular Hbond substituents is 1. The van der Waals surface area contributed by atoms with Crippen molar-refractivity contribution in [2.75, 3.05) is 5.75 Å². The van der Waals surface area contributed by atoms with Gasteiger partial charge in [0.1, 0.15) is 11.9 Å². The topological polar surface area (TPSA) is 77.8 Å². The van der Waals surface area contributed by atoms with Crippen molar-refractivity contribution in [3.63, 3.8) is 0 Å². The highest BCUT2D eigenvalue weighted by molar-refractivity contribution is 8.13. The molecule has 0 fully saturated rings. The van der Waals surface area contributed by atoms with Crippen LogP contribution in [0, 0.1) is 6.92 Å². The summed E-state index contributed by atoms with van der Waals surface area (Å²) in [5.41, 5.74) is 1.24. The molecule has 0 saturated heterocycles. The van der Waals surface area contributed by atoms with Gasteiger partial charge in [0.2, 0.25) is 0 Å². The minimum Gasteiger partial charge on any atom is -0.508 e. The number of hydrogen-bond acceptors (Lipinski definition) is 5. The van der Waals surface area contributed by atoms with Gasteiger partial charge in [-0.15, -0.1) is 0 Å². The second-order valence-corrected chi connectivity index (χ2v) is 5.11. The lowest BCUT2D eigenvalue weighted by Crippen LogP contribution is -2.21. The third kappa shape index (κ3) is 4.38. The first-order chi connectivity index (χ1) is 7.90. The van der Waals surface area contributed by atoms with E-state index in [4.69, 9.17) is 0 Å². The van der Waals surface area contributed by atoms with Crippen LogP contribution in [0.25, 0.3) is 0 Å². The Kier molecular flexibility index (Phi) is 4.99. The van der Waals surface area contributed by atoms with Crippen LogP contribution in [0.2, 0.25) is 0 Å². The predicted octanol–water partition coefficient (Wildman–Crippen LogP) is 1.37. The van der Waals surface area contributed by atoms with Crippen molar-refractivity contribution in [1.82, 2.24) is 0 Å². The fourth-order valence-corrected chi connectivity index (χ4v) is 2.07. The zero-order valence-electron chi connectivity index (χ0n) is 9.75. The number of carbonyl (C=O) groups excluding carboxylic acids is 1. The molecule has 0 aliphatic heterocycles. The van der Waals surface area contributed by atoms with Gasteiger partial charge in [0.15, 0.2) is 5.12 Å². The number of aromatic hydroxyl groups is 1. The maximum absolute atomic E-state index is 10.7. The van der Waals surface area contributed by atoms with Crippen molar-refractivity contribution >= 4 is 16.9 Å². The number of aliphatic hydroxyl groups excluding tert-OH is 2. The first-order valence-electron chi connectivity index (χ1n) is 5.20. The van der Waals surface area contributed by atoms with Crippen LogP contribution >= 0.6 is 11.8 Å². The molecule has 5 heteroatoms. The summed E-state index contributed by atoms with van der Waals surface area (Å²) < 4.78 is 0. The standard InChI is InChI=1S/C12H16O4S/c1-7-3-9(5-10(14)4-7)12(16)11(15)6-17-8(2)13/h3-5,11-12,14-16H,6H2,1-2H3. The molecule has 2 unspecified atom stereocenters. The first kappa shape index (κ1) is 14.0. The number of thioether (sulfide) groups is 1. The normalized spacial score (nSPS) is 14.4. The van der Waals surface area contributed by atoms with Crippen molar-refractivity contribution in [2.24, 2.45) is 0 Å². The third-order valence-corrected chi connectivity index (χ3v) is 3.16. The maximum atomic E-state index is 10.7. The second kappa shape index (κ2) is 6.05. The molecule has 2 atom stereocenters. The Morgan fingerprint density at radius 3 is 2.53 bits per heavy atom. The van der Waals surface area contributed by atoms with Gasteiger partial charge >= 0.3 is 0 Å². The zero-order chi connectivity index (χ0) is 13.0. The van der Waals surface area contributed by atoms with Crippen LogP contribution in [-0.2, 0) is 4.79 Å². The molecule has 3 N–H and O–H groups in total. The van der Waals surface area contributed by atoms with E-state index in [2.05, 4.69) is 0 Å². The van der Waals surface area contributed by atoms with Gasteiger partial charge in [0.05, 0.1) is 6.10 Å². The van der Waals surface area contributed by atoms with Crippen LogP contribution in [0.15, 0.2) is 18.2 Å². The largest absolute Gasteiger partial charge is 0.508 e. The van der Waals surface area contributed by atoms with Crippen LogP contribution in [0.4, 0.5) is 0 Å². The van der Waals surface area contributed by atoms with Crippen molar-refractivity contribution in [2.45, 2.75) is 26.1 Å². The van der Waals surface area contributed by atoms with E-state index in [0.717, 1.165) is 17.3 Å². The highest BCUT2D eigenvalue weighted by Gasteiger charge is 2.19. The molecule has 0 aliphatic rings. The van der Waals surface area contributed by atoms with E-state index >= 15 is 0 Å². The van der Waals surface area contributed by atoms with Crippen LogP contribution < -0.4 is 0 Å². The molecule has 4 nitrogen and oxygen atoms in total. The second-order valence-electron chi connectivity index (χ2n) is 3.92. The Balaban J connectivity index is 2.73. The van der Waals surface area contributed by atoms with Gasteiger partial charge in [-0.3, -0.25) is 4.79 Å². The molecule has 0 amide bonds. The van der Waals surface area contributed by atoms with Crippen molar-refractivity contribution in [3.05, 3.63) is 29.3 Å². The SMILES string of the molecule is CC(=O)SCC(O)C(O)c1cc(C)cc(O)c1. The smallest absolute Gasteiger partial charge is 0.185 e. The maximum Gasteiger partial charge on any atom is 0.185 e. The first-order valence-corrected chi connectivity index (χ1v) is 6.18. The summed E-state index contributed by atoms with van der Waals surface area (Å²) in [6.45, 7) is 3.19. The minimum absolute atomic E-state index is 0.0467. The Hall–Kier alpha value is -1.04. The molecule has 17 heavy (non-hydrogen) atoms. The molecule has 0 spiro atoms. The highest BCUT2D eigenvalue weighted by Crippen LogP contribution is 2.24. The molecule has 0 aliphatic carbocycles. The fourth-order valence-electron chi connectivity index (χ4n) is 1.48. The van der Waals surface area contributed by atoms with Gasteiger partial charge in [0, 0.05) is 12.7 Å². The molecule has 0 aromatic heterocycles. The number of aryl methyl sites for hydroxylation is 1. The van der Waals surface area contributed by atoms with Crippen LogP contribution in [0.5, 0.6) is 5.75 Å². The molecule has 0 radical (unpaired) electrons. The van der Waals surface area contributed by atoms with Crippen molar-refractivity contribution in [3.8, 4) is 5.75 Å². The lowest BCUT2D eigenvalue weighted by molar-refractivity contribution is -0.109. The molecule has 94 valence electrons. The van der Waals surface area contributed by atoms with Gasteiger partial charge in [-0.05, 0) is 30.2 Å². The number of hydrogen-bond donors (Lipinski definition) is 3. The van der Waals surface area contributed by atoms with Crippen LogP contribution in [-0.4, -0.2) is 32.3 Å². The van der Waals surface area contributed by atoms with E-state index in [1.165, 1.54) is 13.0 Å². The molecule has 1 aromatic rings. The summed E-state index contributed by atoms with van der Waals surface area (Å²) in [6.07, 6.45) is -2.14. The molecule has 0 saturated carbocycles. The van der Waals surface area contributed by atoms with E-state index in [9.17, 15) is 20.1 Å². The predicted molar refractivity (Wildman–Crippen MR) is 66.9 cm³/mol. The quantitative estimate of drug-likeness (QED) is 0.758. The number of carbonyl (C=O) groups is 1. The molecule has 1 rings (SSSR count). The number of rotatable bonds is 4. The van der Waals surface area contributed by atoms with Gasteiger partial charge in [-0.1, -0.05) is 17.8 Å². The average molecular weight is 256 g/mol. The number of benzene rings is 1. The molecule has 1 aromatic carbocycles. The summed E-state index contributed by atoms with van der Waals surface area (Å²) in [6, 6.07) is 4.65. The lowest BCUT2D eigenvalue weighted by atomic mass is 10.0. The summed E-state index contributed by atoms with van der Waals surface area (Å²) in [7, 11) is 0. The molecule has 0 bridgehead atoms. The van der Waals surface area contributed by atoms with Crippen molar-refractivity contribution < 1.29 is 20.1 Å². The van der Waals surface area contributed by atoms with E-state index < -0.39 is 12.2 Å². The summed E-state index contributed by atoms with van der Waals surface area (Å²) in [5, 5.41) is 28.8. The van der Waals surface area contributed by atoms with Gasteiger partial charge < -0.3 is 15.3 Å². The molecular weight excluding hydrogens is 240 g/mol. The number of phenols is 1. The average Bonchev–Trinajstić information content (AvgIpc) is 2.23. The van der Waals surface area contributed by atoms with E-state index in [1.807, 2.05) is 0 Å². The van der Waals surface area contributed by atoms with E-state index in [-0.39, 0.29) is 16.6 Å². The van der Waals surface area contributed by atoms with Crippen LogP contribution in [0.3, 0.4) is 0 Å². The van der Waals surface area contributed by atoms with Gasteiger partial charge in [-0.2, -0.15) is 0 Å². The lowest BCUT2D eigenvalue weighted by Gasteiger charge is -2.18. The Labute approximate surface area is 104 Å². The van der Waals surface area contributed by atoms with E-state index in [0.29, 0.717) is 5.56 Å². The monoisotopic (exact) mass is 256 g/mol. The summed E-state index contributed by atoms with van der Waals surface area (Å²) >= 11 is 0.959. The molecule has 0 heterocycles. The minimum atomic E-state index is -1.10. The van der Waals surface area contributed by atoms with Crippen molar-refractivity contribution in [1.29, 1.82) is 0 Å². The Morgan fingerprint density at radius 2 is 2.00 bits per heavy atom. The Bertz CT molecular complexity index is 385. The third-order valence-electron chi connectivity index (χ3n) is 2.25. The zero-order valence-corrected chi connectivity index (χ0v) is 10.6. The van der Waals surface area contributed by atoms with Gasteiger partial charge in [0.25, 0.3) is 0 Å². The van der Waals surface area contributed by atoms with E-state index in [1.54, 1.807) is 19.1 Å². The van der Waals surface area contributed by atoms with Gasteiger partial charge in [-0.25, -0.2) is 0 Å². The Morgan fingerprint density at radius 1 is 1.35 bits per heavy atom. The summed E-state index contributed by atoms with van der Waals surface area (Å²) in [4.78, 5) is 10.7. The fraction of sp³-hybridized carbons (Fsp3) is 0.417. The highest BCUT2D eigenvalue weighted by atomic mass is 32.2. The van der Waals surface area contributed by atoms with Crippen LogP contribution in [0.1, 0.15) is 24.2 Å². The summed E-state index contributed by atoms with van der Waals surface area (Å²) in [5.74, 6) is 0.177. The number of aliphatic hydroxyl groups is 2.